The molecule has 0 aromatic carbocycles. The van der Waals surface area contributed by atoms with Crippen LogP contribution in [0.5, 0.6) is 0 Å². The number of rotatable bonds is 8. The van der Waals surface area contributed by atoms with E-state index in [9.17, 15) is 18.0 Å². The highest BCUT2D eigenvalue weighted by atomic mass is 32.2. The van der Waals surface area contributed by atoms with Gasteiger partial charge in [0.25, 0.3) is 10.0 Å². The fourth-order valence-electron chi connectivity index (χ4n) is 1.62. The largest absolute Gasteiger partial charge is 0.476 e. The molecule has 3 N–H and O–H groups in total. The Morgan fingerprint density at radius 1 is 1.43 bits per heavy atom. The van der Waals surface area contributed by atoms with Gasteiger partial charge in [-0.1, -0.05) is 0 Å². The van der Waals surface area contributed by atoms with E-state index in [0.717, 1.165) is 24.2 Å². The topological polar surface area (TPSA) is 125 Å². The van der Waals surface area contributed by atoms with E-state index >= 15 is 0 Å². The van der Waals surface area contributed by atoms with Gasteiger partial charge < -0.3 is 10.4 Å². The molecule has 1 aliphatic rings. The van der Waals surface area contributed by atoms with Crippen LogP contribution in [0.25, 0.3) is 0 Å². The molecule has 1 aromatic heterocycles. The maximum atomic E-state index is 11.9. The molecule has 1 aromatic rings. The lowest BCUT2D eigenvalue weighted by atomic mass is 10.3. The second-order valence-corrected chi connectivity index (χ2v) is 7.45. The Kier molecular flexibility index (Phi) is 4.91. The quantitative estimate of drug-likeness (QED) is 0.583. The van der Waals surface area contributed by atoms with Gasteiger partial charge in [0, 0.05) is 19.0 Å². The van der Waals surface area contributed by atoms with Crippen molar-refractivity contribution in [1.29, 1.82) is 0 Å². The molecule has 0 aliphatic heterocycles. The van der Waals surface area contributed by atoms with Crippen LogP contribution in [0, 0.1) is 0 Å². The van der Waals surface area contributed by atoms with Crippen LogP contribution in [0.1, 0.15) is 36.2 Å². The van der Waals surface area contributed by atoms with E-state index in [1.165, 1.54) is 5.51 Å². The first-order valence-corrected chi connectivity index (χ1v) is 8.72. The van der Waals surface area contributed by atoms with Crippen LogP contribution < -0.4 is 10.0 Å². The predicted molar refractivity (Wildman–Crippen MR) is 74.7 cm³/mol. The Labute approximate surface area is 125 Å². The fraction of sp³-hybridized carbons (Fsp3) is 0.545. The third-order valence-electron chi connectivity index (χ3n) is 2.80. The Morgan fingerprint density at radius 2 is 2.14 bits per heavy atom. The van der Waals surface area contributed by atoms with Gasteiger partial charge in [-0.2, -0.15) is 0 Å². The van der Waals surface area contributed by atoms with Crippen LogP contribution >= 0.6 is 11.3 Å². The number of amides is 1. The first kappa shape index (κ1) is 15.9. The minimum absolute atomic E-state index is 0.0668. The van der Waals surface area contributed by atoms with Crippen LogP contribution in [-0.4, -0.2) is 43.0 Å². The predicted octanol–water partition coefficient (Wildman–Crippen LogP) is 0.178. The van der Waals surface area contributed by atoms with Crippen LogP contribution in [0.4, 0.5) is 0 Å². The van der Waals surface area contributed by atoms with E-state index < -0.39 is 21.7 Å². The van der Waals surface area contributed by atoms with Crippen LogP contribution in [0.2, 0.25) is 0 Å². The van der Waals surface area contributed by atoms with Gasteiger partial charge in [-0.25, -0.2) is 22.9 Å². The lowest BCUT2D eigenvalue weighted by molar-refractivity contribution is -0.121. The summed E-state index contributed by atoms with van der Waals surface area (Å²) >= 11 is 0.744. The average Bonchev–Trinajstić information content (AvgIpc) is 3.06. The molecular formula is C11H15N3O5S2. The second kappa shape index (κ2) is 6.50. The highest BCUT2D eigenvalue weighted by Crippen LogP contribution is 2.20. The number of carbonyl (C=O) groups is 2. The number of hydrogen-bond acceptors (Lipinski definition) is 6. The summed E-state index contributed by atoms with van der Waals surface area (Å²) in [5.74, 6) is -1.49. The summed E-state index contributed by atoms with van der Waals surface area (Å²) in [5.41, 5.74) is 0.681. The summed E-state index contributed by atoms with van der Waals surface area (Å²) in [6.07, 6.45) is 2.58. The van der Waals surface area contributed by atoms with E-state index in [-0.39, 0.29) is 29.1 Å². The standard InChI is InChI=1S/C11H15N3O5S2/c15-8(14-7-3-4-7)2-1-5-13-21(18,19)11-9(10(16)17)12-6-20-11/h6-7,13H,1-5H2,(H,14,15)(H,16,17). The average molecular weight is 333 g/mol. The third kappa shape index (κ3) is 4.48. The summed E-state index contributed by atoms with van der Waals surface area (Å²) in [7, 11) is -3.91. The van der Waals surface area contributed by atoms with Gasteiger partial charge >= 0.3 is 5.97 Å². The van der Waals surface area contributed by atoms with Crippen molar-refractivity contribution < 1.29 is 23.1 Å². The molecule has 1 heterocycles. The zero-order valence-corrected chi connectivity index (χ0v) is 12.7. The summed E-state index contributed by atoms with van der Waals surface area (Å²) in [6.45, 7) is 0.0668. The summed E-state index contributed by atoms with van der Waals surface area (Å²) in [5, 5.41) is 11.7. The molecule has 0 bridgehead atoms. The van der Waals surface area contributed by atoms with E-state index in [2.05, 4.69) is 15.0 Å². The molecule has 1 amide bonds. The molecule has 1 aliphatic carbocycles. The van der Waals surface area contributed by atoms with Gasteiger partial charge in [0.1, 0.15) is 0 Å². The molecule has 0 spiro atoms. The van der Waals surface area contributed by atoms with Crippen LogP contribution in [-0.2, 0) is 14.8 Å². The monoisotopic (exact) mass is 333 g/mol. The van der Waals surface area contributed by atoms with Crippen molar-refractivity contribution in [2.24, 2.45) is 0 Å². The lowest BCUT2D eigenvalue weighted by Crippen LogP contribution is -2.28. The van der Waals surface area contributed by atoms with Crippen molar-refractivity contribution in [2.75, 3.05) is 6.54 Å². The van der Waals surface area contributed by atoms with Crippen molar-refractivity contribution in [1.82, 2.24) is 15.0 Å². The second-order valence-electron chi connectivity index (χ2n) is 4.64. The van der Waals surface area contributed by atoms with Crippen LogP contribution in [0.15, 0.2) is 9.72 Å². The fourth-order valence-corrected chi connectivity index (χ4v) is 3.87. The first-order valence-electron chi connectivity index (χ1n) is 6.36. The Balaban J connectivity index is 1.82. The Hall–Kier alpha value is -1.52. The highest BCUT2D eigenvalue weighted by molar-refractivity contribution is 7.91. The SMILES string of the molecule is O=C(CCCNS(=O)(=O)c1scnc1C(=O)O)NC1CC1. The first-order chi connectivity index (χ1) is 9.90. The van der Waals surface area contributed by atoms with Crippen LogP contribution in [0.3, 0.4) is 0 Å². The molecule has 1 saturated carbocycles. The van der Waals surface area contributed by atoms with E-state index in [1.54, 1.807) is 0 Å². The Morgan fingerprint density at radius 3 is 2.76 bits per heavy atom. The molecule has 116 valence electrons. The number of aromatic nitrogens is 1. The van der Waals surface area contributed by atoms with E-state index in [4.69, 9.17) is 5.11 Å². The number of nitrogens with one attached hydrogen (secondary N) is 2. The molecule has 0 saturated heterocycles. The Bertz CT molecular complexity index is 636. The zero-order valence-electron chi connectivity index (χ0n) is 11.0. The number of sulfonamides is 1. The molecule has 2 rings (SSSR count). The molecule has 0 atom stereocenters. The molecule has 0 unspecified atom stereocenters. The number of carboxylic acid groups (broad SMARTS) is 1. The maximum Gasteiger partial charge on any atom is 0.356 e. The number of carbonyl (C=O) groups excluding carboxylic acids is 1. The van der Waals surface area contributed by atoms with Crippen molar-refractivity contribution in [3.8, 4) is 0 Å². The van der Waals surface area contributed by atoms with Crippen molar-refractivity contribution in [2.45, 2.75) is 35.9 Å². The molecular weight excluding hydrogens is 318 g/mol. The number of carboxylic acids is 1. The van der Waals surface area contributed by atoms with Crippen molar-refractivity contribution in [3.63, 3.8) is 0 Å². The normalized spacial score (nSPS) is 14.9. The summed E-state index contributed by atoms with van der Waals surface area (Å²) in [4.78, 5) is 25.8. The molecule has 21 heavy (non-hydrogen) atoms. The van der Waals surface area contributed by atoms with Crippen molar-refractivity contribution in [3.05, 3.63) is 11.2 Å². The number of nitrogens with zero attached hydrogens (tertiary/aromatic N) is 1. The third-order valence-corrected chi connectivity index (χ3v) is 5.63. The summed E-state index contributed by atoms with van der Waals surface area (Å²) < 4.78 is 25.9. The lowest BCUT2D eigenvalue weighted by Gasteiger charge is -2.06. The molecule has 8 nitrogen and oxygen atoms in total. The zero-order chi connectivity index (χ0) is 15.5. The van der Waals surface area contributed by atoms with Gasteiger partial charge in [-0.15, -0.1) is 11.3 Å². The molecule has 10 heteroatoms. The minimum atomic E-state index is -3.91. The number of hydrogen-bond donors (Lipinski definition) is 3. The van der Waals surface area contributed by atoms with Gasteiger partial charge in [0.2, 0.25) is 5.91 Å². The van der Waals surface area contributed by atoms with Gasteiger partial charge in [-0.05, 0) is 19.3 Å². The van der Waals surface area contributed by atoms with E-state index in [1.807, 2.05) is 0 Å². The molecule has 1 fully saturated rings. The van der Waals surface area contributed by atoms with Gasteiger partial charge in [-0.3, -0.25) is 4.79 Å². The van der Waals surface area contributed by atoms with Gasteiger partial charge in [0.15, 0.2) is 9.90 Å². The maximum absolute atomic E-state index is 11.9. The molecule has 0 radical (unpaired) electrons. The van der Waals surface area contributed by atoms with E-state index in [0.29, 0.717) is 6.42 Å². The van der Waals surface area contributed by atoms with Gasteiger partial charge in [0.05, 0.1) is 5.51 Å². The highest BCUT2D eigenvalue weighted by Gasteiger charge is 2.25. The summed E-state index contributed by atoms with van der Waals surface area (Å²) in [6, 6.07) is 0.282. The number of aromatic carboxylic acids is 1. The smallest absolute Gasteiger partial charge is 0.356 e. The number of thiazole rings is 1. The van der Waals surface area contributed by atoms with Crippen molar-refractivity contribution >= 4 is 33.2 Å². The minimum Gasteiger partial charge on any atom is -0.476 e.